The molecule has 0 spiro atoms. The molecule has 8 nitrogen and oxygen atoms in total. The Morgan fingerprint density at radius 1 is 1.38 bits per heavy atom. The van der Waals surface area contributed by atoms with Crippen LogP contribution in [0.4, 0.5) is 0 Å². The highest BCUT2D eigenvalue weighted by Crippen LogP contribution is 2.18. The van der Waals surface area contributed by atoms with E-state index in [1.807, 2.05) is 6.20 Å². The van der Waals surface area contributed by atoms with Gasteiger partial charge < -0.3 is 9.72 Å². The Bertz CT molecular complexity index is 936. The van der Waals surface area contributed by atoms with Crippen molar-refractivity contribution < 1.29 is 9.53 Å². The molecule has 0 saturated carbocycles. The van der Waals surface area contributed by atoms with E-state index in [9.17, 15) is 9.59 Å². The molecule has 0 atom stereocenters. The van der Waals surface area contributed by atoms with Gasteiger partial charge >= 0.3 is 5.97 Å². The highest BCUT2D eigenvalue weighted by atomic mass is 32.2. The molecule has 0 saturated heterocycles. The second-order valence-corrected chi connectivity index (χ2v) is 6.16. The lowest BCUT2D eigenvalue weighted by Gasteiger charge is -2.06. The summed E-state index contributed by atoms with van der Waals surface area (Å²) in [6.07, 6.45) is 4.37. The van der Waals surface area contributed by atoms with Gasteiger partial charge in [0.15, 0.2) is 10.8 Å². The molecule has 3 aromatic rings. The molecular weight excluding hydrogens is 330 g/mol. The van der Waals surface area contributed by atoms with Gasteiger partial charge in [0.25, 0.3) is 5.56 Å². The summed E-state index contributed by atoms with van der Waals surface area (Å²) < 4.78 is 4.73. The number of rotatable bonds is 5. The van der Waals surface area contributed by atoms with E-state index < -0.39 is 11.5 Å². The van der Waals surface area contributed by atoms with E-state index in [-0.39, 0.29) is 16.6 Å². The third kappa shape index (κ3) is 3.30. The maximum absolute atomic E-state index is 12.4. The van der Waals surface area contributed by atoms with E-state index >= 15 is 0 Å². The zero-order valence-corrected chi connectivity index (χ0v) is 13.9. The Kier molecular flexibility index (Phi) is 4.61. The maximum atomic E-state index is 12.4. The Hall–Kier alpha value is -2.68. The smallest absolute Gasteiger partial charge is 0.338 e. The number of aromatic nitrogens is 5. The largest absolute Gasteiger partial charge is 0.465 e. The number of nitrogens with one attached hydrogen (secondary N) is 2. The molecule has 3 aromatic heterocycles. The lowest BCUT2D eigenvalue weighted by atomic mass is 10.1. The lowest BCUT2D eigenvalue weighted by molar-refractivity contribution is 0.0602. The first-order chi connectivity index (χ1) is 11.6. The van der Waals surface area contributed by atoms with E-state index in [2.05, 4.69) is 25.1 Å². The second-order valence-electron chi connectivity index (χ2n) is 5.08. The minimum Gasteiger partial charge on any atom is -0.465 e. The fourth-order valence-electron chi connectivity index (χ4n) is 2.26. The summed E-state index contributed by atoms with van der Waals surface area (Å²) in [5, 5.41) is 7.25. The number of aryl methyl sites for hydroxylation is 2. The van der Waals surface area contributed by atoms with E-state index in [1.54, 1.807) is 13.1 Å². The van der Waals surface area contributed by atoms with Crippen molar-refractivity contribution in [1.82, 2.24) is 25.1 Å². The van der Waals surface area contributed by atoms with Gasteiger partial charge in [-0.2, -0.15) is 5.10 Å². The minimum absolute atomic E-state index is 0.145. The van der Waals surface area contributed by atoms with Crippen molar-refractivity contribution in [2.24, 2.45) is 0 Å². The fraction of sp³-hybridized carbons (Fsp3) is 0.267. The highest BCUT2D eigenvalue weighted by Gasteiger charge is 2.17. The Morgan fingerprint density at radius 2 is 2.21 bits per heavy atom. The van der Waals surface area contributed by atoms with Gasteiger partial charge in [0, 0.05) is 17.6 Å². The van der Waals surface area contributed by atoms with Crippen LogP contribution in [-0.4, -0.2) is 44.0 Å². The molecule has 0 bridgehead atoms. The van der Waals surface area contributed by atoms with Crippen molar-refractivity contribution in [3.05, 3.63) is 45.6 Å². The van der Waals surface area contributed by atoms with E-state index in [1.165, 1.54) is 24.9 Å². The van der Waals surface area contributed by atoms with Crippen molar-refractivity contribution in [2.75, 3.05) is 12.9 Å². The average molecular weight is 345 g/mol. The van der Waals surface area contributed by atoms with Crippen LogP contribution >= 0.6 is 11.8 Å². The van der Waals surface area contributed by atoms with Crippen LogP contribution in [0.25, 0.3) is 11.0 Å². The van der Waals surface area contributed by atoms with Crippen LogP contribution in [0.15, 0.2) is 28.4 Å². The first kappa shape index (κ1) is 16.2. The summed E-state index contributed by atoms with van der Waals surface area (Å²) in [7, 11) is 1.27. The van der Waals surface area contributed by atoms with Crippen LogP contribution in [0.1, 0.15) is 21.6 Å². The van der Waals surface area contributed by atoms with E-state index in [0.717, 1.165) is 17.7 Å². The number of esters is 1. The molecule has 0 unspecified atom stereocenters. The maximum Gasteiger partial charge on any atom is 0.338 e. The van der Waals surface area contributed by atoms with Crippen molar-refractivity contribution >= 4 is 28.8 Å². The number of thioether (sulfide) groups is 1. The molecule has 2 N–H and O–H groups in total. The molecule has 3 heterocycles. The summed E-state index contributed by atoms with van der Waals surface area (Å²) >= 11 is 1.41. The zero-order valence-electron chi connectivity index (χ0n) is 13.1. The molecule has 24 heavy (non-hydrogen) atoms. The van der Waals surface area contributed by atoms with Crippen LogP contribution in [0, 0.1) is 6.92 Å². The Balaban J connectivity index is 1.92. The number of H-pyrrole nitrogens is 2. The molecule has 0 amide bonds. The van der Waals surface area contributed by atoms with Gasteiger partial charge in [-0.05, 0) is 25.0 Å². The van der Waals surface area contributed by atoms with Gasteiger partial charge in [0.2, 0.25) is 0 Å². The summed E-state index contributed by atoms with van der Waals surface area (Å²) in [6.45, 7) is 1.74. The van der Waals surface area contributed by atoms with Gasteiger partial charge in [-0.3, -0.25) is 9.89 Å². The van der Waals surface area contributed by atoms with Crippen molar-refractivity contribution in [3.63, 3.8) is 0 Å². The SMILES string of the molecule is COC(=O)c1cc(C)nc2nc(SCCc3cn[nH]c3)[nH]c(=O)c12. The van der Waals surface area contributed by atoms with Crippen LogP contribution in [-0.2, 0) is 11.2 Å². The molecule has 0 aromatic carbocycles. The first-order valence-electron chi connectivity index (χ1n) is 7.19. The van der Waals surface area contributed by atoms with Crippen molar-refractivity contribution in [3.8, 4) is 0 Å². The molecule has 0 fully saturated rings. The second kappa shape index (κ2) is 6.83. The molecule has 0 aliphatic heterocycles. The number of hydrogen-bond acceptors (Lipinski definition) is 7. The number of ether oxygens (including phenoxy) is 1. The molecule has 0 radical (unpaired) electrons. The minimum atomic E-state index is -0.585. The predicted molar refractivity (Wildman–Crippen MR) is 89.3 cm³/mol. The molecule has 124 valence electrons. The quantitative estimate of drug-likeness (QED) is 0.409. The van der Waals surface area contributed by atoms with E-state index in [4.69, 9.17) is 4.74 Å². The number of nitrogens with zero attached hydrogens (tertiary/aromatic N) is 3. The standard InChI is InChI=1S/C15H15N5O3S/c1-8-5-10(14(22)23-2)11-12(18-8)19-15(20-13(11)21)24-4-3-9-6-16-17-7-9/h5-7H,3-4H2,1-2H3,(H,16,17)(H,18,19,20,21). The normalized spacial score (nSPS) is 10.9. The van der Waals surface area contributed by atoms with Crippen LogP contribution in [0.2, 0.25) is 0 Å². The van der Waals surface area contributed by atoms with Crippen molar-refractivity contribution in [2.45, 2.75) is 18.5 Å². The number of fused-ring (bicyclic) bond motifs is 1. The summed E-state index contributed by atoms with van der Waals surface area (Å²) in [6, 6.07) is 1.52. The average Bonchev–Trinajstić information content (AvgIpc) is 3.06. The summed E-state index contributed by atoms with van der Waals surface area (Å²) in [5.41, 5.74) is 1.68. The fourth-order valence-corrected chi connectivity index (χ4v) is 3.11. The first-order valence-corrected chi connectivity index (χ1v) is 8.17. The number of pyridine rings is 1. The van der Waals surface area contributed by atoms with Gasteiger partial charge in [-0.15, -0.1) is 0 Å². The highest BCUT2D eigenvalue weighted by molar-refractivity contribution is 7.99. The van der Waals surface area contributed by atoms with Gasteiger partial charge in [-0.1, -0.05) is 11.8 Å². The molecular formula is C15H15N5O3S. The van der Waals surface area contributed by atoms with Gasteiger partial charge in [0.05, 0.1) is 24.3 Å². The number of carbonyl (C=O) groups is 1. The molecule has 9 heteroatoms. The number of aromatic amines is 2. The third-order valence-corrected chi connectivity index (χ3v) is 4.25. The zero-order chi connectivity index (χ0) is 17.1. The Labute approximate surface area is 141 Å². The lowest BCUT2D eigenvalue weighted by Crippen LogP contribution is -2.16. The predicted octanol–water partition coefficient (Wildman–Crippen LogP) is 1.47. The van der Waals surface area contributed by atoms with Crippen LogP contribution in [0.3, 0.4) is 0 Å². The summed E-state index contributed by atoms with van der Waals surface area (Å²) in [5.74, 6) is 0.141. The number of hydrogen-bond donors (Lipinski definition) is 2. The topological polar surface area (TPSA) is 114 Å². The number of methoxy groups -OCH3 is 1. The monoisotopic (exact) mass is 345 g/mol. The third-order valence-electron chi connectivity index (χ3n) is 3.37. The molecule has 0 aliphatic carbocycles. The summed E-state index contributed by atoms with van der Waals surface area (Å²) in [4.78, 5) is 35.6. The Morgan fingerprint density at radius 3 is 2.92 bits per heavy atom. The van der Waals surface area contributed by atoms with Crippen molar-refractivity contribution in [1.29, 1.82) is 0 Å². The molecule has 3 rings (SSSR count). The van der Waals surface area contributed by atoms with E-state index in [0.29, 0.717) is 10.9 Å². The van der Waals surface area contributed by atoms with Crippen LogP contribution in [0.5, 0.6) is 0 Å². The number of carbonyl (C=O) groups excluding carboxylic acids is 1. The molecule has 0 aliphatic rings. The van der Waals surface area contributed by atoms with Gasteiger partial charge in [0.1, 0.15) is 0 Å². The van der Waals surface area contributed by atoms with Crippen LogP contribution < -0.4 is 5.56 Å². The van der Waals surface area contributed by atoms with Gasteiger partial charge in [-0.25, -0.2) is 14.8 Å².